The standard InChI is InChI=1S/C15H16FN3/c1-9(2)13(8-17)15-18-10(3)14(19-15)11-5-4-6-12(16)7-11/h4-7,9,13H,1-3H3,(H,18,19). The number of halogens is 1. The topological polar surface area (TPSA) is 52.5 Å². The molecule has 0 aliphatic rings. The highest BCUT2D eigenvalue weighted by molar-refractivity contribution is 5.62. The highest BCUT2D eigenvalue weighted by Gasteiger charge is 2.20. The molecular weight excluding hydrogens is 241 g/mol. The second kappa shape index (κ2) is 5.23. The van der Waals surface area contributed by atoms with Crippen molar-refractivity contribution < 1.29 is 4.39 Å². The van der Waals surface area contributed by atoms with Crippen molar-refractivity contribution in [2.75, 3.05) is 0 Å². The van der Waals surface area contributed by atoms with Gasteiger partial charge < -0.3 is 4.98 Å². The van der Waals surface area contributed by atoms with Crippen LogP contribution in [0.25, 0.3) is 11.3 Å². The van der Waals surface area contributed by atoms with Gasteiger partial charge in [-0.3, -0.25) is 0 Å². The lowest BCUT2D eigenvalue weighted by atomic mass is 9.97. The number of aromatic nitrogens is 2. The van der Waals surface area contributed by atoms with Crippen LogP contribution in [0.3, 0.4) is 0 Å². The van der Waals surface area contributed by atoms with Crippen LogP contribution in [0.2, 0.25) is 0 Å². The molecule has 1 heterocycles. The Hall–Kier alpha value is -2.15. The molecular formula is C15H16FN3. The first kappa shape index (κ1) is 13.3. The predicted octanol–water partition coefficient (Wildman–Crippen LogP) is 3.79. The number of rotatable bonds is 3. The van der Waals surface area contributed by atoms with Crippen molar-refractivity contribution in [3.63, 3.8) is 0 Å². The van der Waals surface area contributed by atoms with Crippen LogP contribution in [0.4, 0.5) is 4.39 Å². The molecule has 1 aromatic heterocycles. The van der Waals surface area contributed by atoms with Gasteiger partial charge in [-0.05, 0) is 25.0 Å². The Bertz CT molecular complexity index is 623. The SMILES string of the molecule is Cc1[nH]c(C(C#N)C(C)C)nc1-c1cccc(F)c1. The summed E-state index contributed by atoms with van der Waals surface area (Å²) >= 11 is 0. The van der Waals surface area contributed by atoms with Crippen LogP contribution in [0.15, 0.2) is 24.3 Å². The smallest absolute Gasteiger partial charge is 0.124 e. The molecule has 1 N–H and O–H groups in total. The van der Waals surface area contributed by atoms with Crippen LogP contribution in [0.1, 0.15) is 31.3 Å². The highest BCUT2D eigenvalue weighted by atomic mass is 19.1. The first-order valence-corrected chi connectivity index (χ1v) is 6.25. The largest absolute Gasteiger partial charge is 0.344 e. The molecule has 0 spiro atoms. The average molecular weight is 257 g/mol. The average Bonchev–Trinajstić information content (AvgIpc) is 2.71. The summed E-state index contributed by atoms with van der Waals surface area (Å²) in [6, 6.07) is 8.57. The molecule has 0 aliphatic carbocycles. The van der Waals surface area contributed by atoms with Crippen molar-refractivity contribution >= 4 is 0 Å². The van der Waals surface area contributed by atoms with Crippen molar-refractivity contribution in [1.82, 2.24) is 9.97 Å². The van der Waals surface area contributed by atoms with E-state index in [1.165, 1.54) is 12.1 Å². The minimum atomic E-state index is -0.290. The molecule has 0 aliphatic heterocycles. The summed E-state index contributed by atoms with van der Waals surface area (Å²) in [5.74, 6) is 0.258. The van der Waals surface area contributed by atoms with E-state index >= 15 is 0 Å². The monoisotopic (exact) mass is 257 g/mol. The number of aromatic amines is 1. The fourth-order valence-corrected chi connectivity index (χ4v) is 2.07. The summed E-state index contributed by atoms with van der Waals surface area (Å²) in [5.41, 5.74) is 2.28. The van der Waals surface area contributed by atoms with Crippen molar-refractivity contribution in [1.29, 1.82) is 5.26 Å². The molecule has 2 aromatic rings. The van der Waals surface area contributed by atoms with Gasteiger partial charge in [-0.15, -0.1) is 0 Å². The number of nitrogens with zero attached hydrogens (tertiary/aromatic N) is 2. The van der Waals surface area contributed by atoms with Crippen LogP contribution >= 0.6 is 0 Å². The third-order valence-electron chi connectivity index (χ3n) is 3.10. The van der Waals surface area contributed by atoms with Gasteiger partial charge in [-0.25, -0.2) is 9.37 Å². The molecule has 1 atom stereocenters. The summed E-state index contributed by atoms with van der Waals surface area (Å²) in [5, 5.41) is 9.19. The third kappa shape index (κ3) is 2.65. The summed E-state index contributed by atoms with van der Waals surface area (Å²) < 4.78 is 13.3. The van der Waals surface area contributed by atoms with Crippen molar-refractivity contribution in [3.05, 3.63) is 41.6 Å². The third-order valence-corrected chi connectivity index (χ3v) is 3.10. The van der Waals surface area contributed by atoms with E-state index in [4.69, 9.17) is 0 Å². The van der Waals surface area contributed by atoms with Crippen molar-refractivity contribution in [3.8, 4) is 17.3 Å². The van der Waals surface area contributed by atoms with Gasteiger partial charge in [-0.2, -0.15) is 5.26 Å². The first-order valence-electron chi connectivity index (χ1n) is 6.25. The molecule has 0 bridgehead atoms. The van der Waals surface area contributed by atoms with Gasteiger partial charge in [0.25, 0.3) is 0 Å². The molecule has 3 nitrogen and oxygen atoms in total. The number of hydrogen-bond acceptors (Lipinski definition) is 2. The molecule has 0 radical (unpaired) electrons. The van der Waals surface area contributed by atoms with Gasteiger partial charge in [-0.1, -0.05) is 26.0 Å². The second-order valence-corrected chi connectivity index (χ2v) is 4.96. The first-order chi connectivity index (χ1) is 9.02. The van der Waals surface area contributed by atoms with Gasteiger partial charge in [0.2, 0.25) is 0 Å². The number of aryl methyl sites for hydroxylation is 1. The van der Waals surface area contributed by atoms with E-state index in [9.17, 15) is 9.65 Å². The minimum absolute atomic E-state index is 0.177. The zero-order valence-electron chi connectivity index (χ0n) is 11.2. The molecule has 19 heavy (non-hydrogen) atoms. The Kier molecular flexibility index (Phi) is 3.66. The lowest BCUT2D eigenvalue weighted by Crippen LogP contribution is -2.06. The molecule has 0 amide bonds. The minimum Gasteiger partial charge on any atom is -0.344 e. The Morgan fingerprint density at radius 2 is 2.11 bits per heavy atom. The Morgan fingerprint density at radius 3 is 2.68 bits per heavy atom. The van der Waals surface area contributed by atoms with E-state index in [0.29, 0.717) is 11.5 Å². The zero-order valence-corrected chi connectivity index (χ0v) is 11.2. The number of imidazole rings is 1. The summed E-state index contributed by atoms with van der Waals surface area (Å²) in [4.78, 5) is 7.61. The molecule has 0 saturated heterocycles. The van der Waals surface area contributed by atoms with Gasteiger partial charge in [0.1, 0.15) is 17.6 Å². The maximum absolute atomic E-state index is 13.3. The molecule has 1 aromatic carbocycles. The number of hydrogen-bond donors (Lipinski definition) is 1. The quantitative estimate of drug-likeness (QED) is 0.909. The lowest BCUT2D eigenvalue weighted by molar-refractivity contribution is 0.565. The second-order valence-electron chi connectivity index (χ2n) is 4.96. The lowest BCUT2D eigenvalue weighted by Gasteiger charge is -2.08. The van der Waals surface area contributed by atoms with Crippen LogP contribution in [0, 0.1) is 30.0 Å². The summed E-state index contributed by atoms with van der Waals surface area (Å²) in [6.07, 6.45) is 0. The van der Waals surface area contributed by atoms with E-state index in [0.717, 1.165) is 11.3 Å². The maximum Gasteiger partial charge on any atom is 0.124 e. The fraction of sp³-hybridized carbons (Fsp3) is 0.333. The number of benzene rings is 1. The molecule has 0 fully saturated rings. The van der Waals surface area contributed by atoms with Crippen LogP contribution in [0.5, 0.6) is 0 Å². The Labute approximate surface area is 112 Å². The van der Waals surface area contributed by atoms with Crippen LogP contribution in [-0.4, -0.2) is 9.97 Å². The van der Waals surface area contributed by atoms with Crippen LogP contribution in [-0.2, 0) is 0 Å². The zero-order chi connectivity index (χ0) is 14.0. The summed E-state index contributed by atoms with van der Waals surface area (Å²) in [7, 11) is 0. The van der Waals surface area contributed by atoms with Gasteiger partial charge in [0, 0.05) is 11.3 Å². The number of nitriles is 1. The molecule has 4 heteroatoms. The summed E-state index contributed by atoms with van der Waals surface area (Å²) in [6.45, 7) is 5.84. The van der Waals surface area contributed by atoms with Gasteiger partial charge in [0.15, 0.2) is 0 Å². The van der Waals surface area contributed by atoms with Crippen LogP contribution < -0.4 is 0 Å². The molecule has 1 unspecified atom stereocenters. The fourth-order valence-electron chi connectivity index (χ4n) is 2.07. The van der Waals surface area contributed by atoms with E-state index in [1.807, 2.05) is 26.8 Å². The molecule has 2 rings (SSSR count). The Balaban J connectivity index is 2.45. The number of nitrogens with one attached hydrogen (secondary N) is 1. The molecule has 98 valence electrons. The predicted molar refractivity (Wildman–Crippen MR) is 71.9 cm³/mol. The normalized spacial score (nSPS) is 12.4. The maximum atomic E-state index is 13.3. The van der Waals surface area contributed by atoms with Crippen molar-refractivity contribution in [2.45, 2.75) is 26.7 Å². The van der Waals surface area contributed by atoms with E-state index in [-0.39, 0.29) is 17.7 Å². The van der Waals surface area contributed by atoms with Gasteiger partial charge in [0.05, 0.1) is 11.8 Å². The van der Waals surface area contributed by atoms with E-state index in [1.54, 1.807) is 6.07 Å². The van der Waals surface area contributed by atoms with E-state index in [2.05, 4.69) is 16.0 Å². The Morgan fingerprint density at radius 1 is 1.37 bits per heavy atom. The van der Waals surface area contributed by atoms with Crippen molar-refractivity contribution in [2.24, 2.45) is 5.92 Å². The van der Waals surface area contributed by atoms with Gasteiger partial charge >= 0.3 is 0 Å². The number of H-pyrrole nitrogens is 1. The highest BCUT2D eigenvalue weighted by Crippen LogP contribution is 2.27. The van der Waals surface area contributed by atoms with E-state index < -0.39 is 0 Å². The molecule has 0 saturated carbocycles.